The van der Waals surface area contributed by atoms with Crippen molar-refractivity contribution in [3.63, 3.8) is 0 Å². The fourth-order valence-electron chi connectivity index (χ4n) is 1.25. The molecule has 2 nitrogen and oxygen atoms in total. The summed E-state index contributed by atoms with van der Waals surface area (Å²) in [5.41, 5.74) is 0. The van der Waals surface area contributed by atoms with Gasteiger partial charge in [0.15, 0.2) is 0 Å². The Balaban J connectivity index is 2.34. The monoisotopic (exact) mass is 124 g/mol. The van der Waals surface area contributed by atoms with E-state index in [0.717, 1.165) is 19.4 Å². The van der Waals surface area contributed by atoms with Crippen LogP contribution < -0.4 is 5.32 Å². The summed E-state index contributed by atoms with van der Waals surface area (Å²) in [6.07, 6.45) is 2.05. The lowest BCUT2D eigenvalue weighted by molar-refractivity contribution is 0.368. The summed E-state index contributed by atoms with van der Waals surface area (Å²) in [7, 11) is 0. The summed E-state index contributed by atoms with van der Waals surface area (Å²) in [5, 5.41) is 11.8. The van der Waals surface area contributed by atoms with E-state index < -0.39 is 0 Å². The molecule has 0 aliphatic carbocycles. The van der Waals surface area contributed by atoms with Crippen LogP contribution in [0.5, 0.6) is 0 Å². The van der Waals surface area contributed by atoms with Crippen molar-refractivity contribution in [2.45, 2.75) is 25.8 Å². The minimum Gasteiger partial charge on any atom is -0.314 e. The molecule has 1 heterocycles. The molecular formula is C7H12N2. The Labute approximate surface area is 55.9 Å². The van der Waals surface area contributed by atoms with Crippen LogP contribution in [0, 0.1) is 17.2 Å². The number of piperidine rings is 1. The molecule has 0 aromatic carbocycles. The second kappa shape index (κ2) is 2.84. The molecule has 1 aliphatic heterocycles. The van der Waals surface area contributed by atoms with Gasteiger partial charge in [0, 0.05) is 12.0 Å². The van der Waals surface area contributed by atoms with Crippen molar-refractivity contribution in [1.29, 1.82) is 5.26 Å². The molecule has 1 saturated heterocycles. The van der Waals surface area contributed by atoms with Gasteiger partial charge in [-0.25, -0.2) is 0 Å². The van der Waals surface area contributed by atoms with E-state index in [2.05, 4.69) is 18.3 Å². The van der Waals surface area contributed by atoms with Crippen LogP contribution in [0.2, 0.25) is 0 Å². The number of hydrogen-bond donors (Lipinski definition) is 1. The van der Waals surface area contributed by atoms with Crippen LogP contribution in [0.3, 0.4) is 0 Å². The Bertz CT molecular complexity index is 125. The second-order valence-corrected chi connectivity index (χ2v) is 2.71. The third-order valence-corrected chi connectivity index (χ3v) is 1.81. The van der Waals surface area contributed by atoms with E-state index in [-0.39, 0.29) is 0 Å². The molecule has 0 spiro atoms. The zero-order chi connectivity index (χ0) is 6.69. The number of nitrogens with one attached hydrogen (secondary N) is 1. The maximum absolute atomic E-state index is 8.53. The van der Waals surface area contributed by atoms with Gasteiger partial charge in [-0.05, 0) is 26.3 Å². The molecule has 2 atom stereocenters. The summed E-state index contributed by atoms with van der Waals surface area (Å²) in [6.45, 7) is 3.14. The van der Waals surface area contributed by atoms with Gasteiger partial charge in [0.1, 0.15) is 0 Å². The molecule has 0 amide bonds. The Hall–Kier alpha value is -0.550. The number of hydrogen-bond acceptors (Lipinski definition) is 2. The van der Waals surface area contributed by atoms with Crippen molar-refractivity contribution >= 4 is 0 Å². The largest absolute Gasteiger partial charge is 0.314 e. The minimum atomic E-state index is 0.307. The van der Waals surface area contributed by atoms with Crippen molar-refractivity contribution in [2.75, 3.05) is 6.54 Å². The molecule has 9 heavy (non-hydrogen) atoms. The van der Waals surface area contributed by atoms with Gasteiger partial charge in [0.05, 0.1) is 6.07 Å². The van der Waals surface area contributed by atoms with Crippen LogP contribution in [0.1, 0.15) is 19.8 Å². The predicted octanol–water partition coefficient (Wildman–Crippen LogP) is 0.898. The normalized spacial score (nSPS) is 35.6. The van der Waals surface area contributed by atoms with Crippen molar-refractivity contribution < 1.29 is 0 Å². The molecule has 0 aromatic rings. The Morgan fingerprint density at radius 2 is 2.44 bits per heavy atom. The molecule has 50 valence electrons. The van der Waals surface area contributed by atoms with Gasteiger partial charge >= 0.3 is 0 Å². The van der Waals surface area contributed by atoms with E-state index in [1.165, 1.54) is 0 Å². The highest BCUT2D eigenvalue weighted by atomic mass is 14.9. The lowest BCUT2D eigenvalue weighted by atomic mass is 9.95. The van der Waals surface area contributed by atoms with Gasteiger partial charge in [-0.15, -0.1) is 0 Å². The second-order valence-electron chi connectivity index (χ2n) is 2.71. The molecule has 0 unspecified atom stereocenters. The van der Waals surface area contributed by atoms with Gasteiger partial charge < -0.3 is 5.32 Å². The van der Waals surface area contributed by atoms with Gasteiger partial charge in [-0.3, -0.25) is 0 Å². The Morgan fingerprint density at radius 3 is 2.89 bits per heavy atom. The summed E-state index contributed by atoms with van der Waals surface area (Å²) >= 11 is 0. The van der Waals surface area contributed by atoms with Crippen molar-refractivity contribution in [2.24, 2.45) is 5.92 Å². The molecule has 1 fully saturated rings. The van der Waals surface area contributed by atoms with E-state index in [1.807, 2.05) is 0 Å². The highest BCUT2D eigenvalue weighted by Gasteiger charge is 2.16. The maximum atomic E-state index is 8.53. The molecule has 0 saturated carbocycles. The molecular weight excluding hydrogens is 112 g/mol. The fourth-order valence-corrected chi connectivity index (χ4v) is 1.25. The maximum Gasteiger partial charge on any atom is 0.0656 e. The SMILES string of the molecule is C[C@@H]1C[C@@H](C#N)CCN1. The third kappa shape index (κ3) is 1.69. The van der Waals surface area contributed by atoms with Gasteiger partial charge in [-0.1, -0.05) is 0 Å². The number of nitriles is 1. The lowest BCUT2D eigenvalue weighted by Crippen LogP contribution is -2.35. The number of rotatable bonds is 0. The van der Waals surface area contributed by atoms with Crippen LogP contribution in [0.4, 0.5) is 0 Å². The van der Waals surface area contributed by atoms with Crippen LogP contribution in [-0.4, -0.2) is 12.6 Å². The molecule has 1 N–H and O–H groups in total. The molecule has 1 aliphatic rings. The van der Waals surface area contributed by atoms with E-state index in [4.69, 9.17) is 5.26 Å². The van der Waals surface area contributed by atoms with E-state index in [1.54, 1.807) is 0 Å². The van der Waals surface area contributed by atoms with Crippen LogP contribution in [0.25, 0.3) is 0 Å². The summed E-state index contributed by atoms with van der Waals surface area (Å²) < 4.78 is 0. The molecule has 0 bridgehead atoms. The van der Waals surface area contributed by atoms with E-state index in [9.17, 15) is 0 Å². The topological polar surface area (TPSA) is 35.8 Å². The van der Waals surface area contributed by atoms with Gasteiger partial charge in [0.2, 0.25) is 0 Å². The zero-order valence-electron chi connectivity index (χ0n) is 5.72. The van der Waals surface area contributed by atoms with Crippen LogP contribution in [-0.2, 0) is 0 Å². The molecule has 0 aromatic heterocycles. The zero-order valence-corrected chi connectivity index (χ0v) is 5.72. The number of nitrogens with zero attached hydrogens (tertiary/aromatic N) is 1. The summed E-state index contributed by atoms with van der Waals surface area (Å²) in [6, 6.07) is 2.84. The fraction of sp³-hybridized carbons (Fsp3) is 0.857. The molecule has 1 rings (SSSR count). The minimum absolute atomic E-state index is 0.307. The molecule has 0 radical (unpaired) electrons. The quantitative estimate of drug-likeness (QED) is 0.520. The Kier molecular flexibility index (Phi) is 2.07. The van der Waals surface area contributed by atoms with Crippen molar-refractivity contribution in [3.8, 4) is 6.07 Å². The van der Waals surface area contributed by atoms with Crippen molar-refractivity contribution in [1.82, 2.24) is 5.32 Å². The first-order valence-corrected chi connectivity index (χ1v) is 3.46. The van der Waals surface area contributed by atoms with Gasteiger partial charge in [0.25, 0.3) is 0 Å². The third-order valence-electron chi connectivity index (χ3n) is 1.81. The first-order valence-electron chi connectivity index (χ1n) is 3.46. The lowest BCUT2D eigenvalue weighted by Gasteiger charge is -2.22. The van der Waals surface area contributed by atoms with Crippen molar-refractivity contribution in [3.05, 3.63) is 0 Å². The predicted molar refractivity (Wildman–Crippen MR) is 35.8 cm³/mol. The van der Waals surface area contributed by atoms with Crippen LogP contribution in [0.15, 0.2) is 0 Å². The molecule has 2 heteroatoms. The summed E-state index contributed by atoms with van der Waals surface area (Å²) in [5.74, 6) is 0.307. The first-order chi connectivity index (χ1) is 4.33. The summed E-state index contributed by atoms with van der Waals surface area (Å²) in [4.78, 5) is 0. The average Bonchev–Trinajstić information content (AvgIpc) is 1.88. The van der Waals surface area contributed by atoms with Crippen LogP contribution >= 0.6 is 0 Å². The first kappa shape index (κ1) is 6.57. The average molecular weight is 124 g/mol. The Morgan fingerprint density at radius 1 is 1.67 bits per heavy atom. The highest BCUT2D eigenvalue weighted by Crippen LogP contribution is 2.13. The van der Waals surface area contributed by atoms with Gasteiger partial charge in [-0.2, -0.15) is 5.26 Å². The standard InChI is InChI=1S/C7H12N2/c1-6-4-7(5-8)2-3-9-6/h6-7,9H,2-4H2,1H3/t6-,7+/m1/s1. The van der Waals surface area contributed by atoms with E-state index >= 15 is 0 Å². The highest BCUT2D eigenvalue weighted by molar-refractivity contribution is 4.88. The van der Waals surface area contributed by atoms with E-state index in [0.29, 0.717) is 12.0 Å². The smallest absolute Gasteiger partial charge is 0.0656 e.